The summed E-state index contributed by atoms with van der Waals surface area (Å²) in [5.74, 6) is 0.576. The molecule has 0 bridgehead atoms. The van der Waals surface area contributed by atoms with E-state index in [0.717, 1.165) is 33.9 Å². The molecule has 0 aliphatic rings. The van der Waals surface area contributed by atoms with E-state index in [1.54, 1.807) is 54.7 Å². The van der Waals surface area contributed by atoms with Crippen molar-refractivity contribution in [3.63, 3.8) is 0 Å². The highest BCUT2D eigenvalue weighted by molar-refractivity contribution is 7.15. The second-order valence-corrected chi connectivity index (χ2v) is 7.12. The number of hydrogen-bond donors (Lipinski definition) is 1. The lowest BCUT2D eigenvalue weighted by Gasteiger charge is -2.10. The van der Waals surface area contributed by atoms with Gasteiger partial charge in [-0.05, 0) is 19.1 Å². The maximum absolute atomic E-state index is 4.75. The first kappa shape index (κ1) is 17.2. The van der Waals surface area contributed by atoms with Crippen LogP contribution in [-0.4, -0.2) is 36.4 Å². The lowest BCUT2D eigenvalue weighted by atomic mass is 10.1. The molecular weight excluding hydrogens is 358 g/mol. The fraction of sp³-hybridized carbons (Fsp3) is 0.158. The van der Waals surface area contributed by atoms with Crippen LogP contribution in [0.4, 0.5) is 5.95 Å². The summed E-state index contributed by atoms with van der Waals surface area (Å²) in [4.78, 5) is 28.4. The molecule has 27 heavy (non-hydrogen) atoms. The van der Waals surface area contributed by atoms with Gasteiger partial charge in [0, 0.05) is 60.6 Å². The summed E-state index contributed by atoms with van der Waals surface area (Å²) < 4.78 is 0. The Kier molecular flexibility index (Phi) is 5.06. The molecule has 0 radical (unpaired) electrons. The molecular formula is C19H17N7S. The average molecular weight is 375 g/mol. The van der Waals surface area contributed by atoms with Gasteiger partial charge in [-0.2, -0.15) is 0 Å². The van der Waals surface area contributed by atoms with Crippen molar-refractivity contribution in [1.29, 1.82) is 0 Å². The Labute approximate surface area is 160 Å². The highest BCUT2D eigenvalue weighted by atomic mass is 32.1. The molecule has 0 unspecified atom stereocenters. The van der Waals surface area contributed by atoms with Gasteiger partial charge in [-0.3, -0.25) is 19.9 Å². The largest absolute Gasteiger partial charge is 0.354 e. The second-order valence-electron chi connectivity index (χ2n) is 5.83. The zero-order valence-electron chi connectivity index (χ0n) is 14.7. The van der Waals surface area contributed by atoms with Gasteiger partial charge in [0.15, 0.2) is 0 Å². The number of thiophene rings is 1. The van der Waals surface area contributed by atoms with Crippen LogP contribution in [0.25, 0.3) is 21.8 Å². The van der Waals surface area contributed by atoms with Crippen molar-refractivity contribution in [3.8, 4) is 21.8 Å². The average Bonchev–Trinajstić information content (AvgIpc) is 3.16. The summed E-state index contributed by atoms with van der Waals surface area (Å²) in [6.07, 6.45) is 12.7. The molecule has 4 heterocycles. The van der Waals surface area contributed by atoms with Crippen molar-refractivity contribution in [1.82, 2.24) is 29.9 Å². The van der Waals surface area contributed by atoms with Crippen LogP contribution in [0.5, 0.6) is 0 Å². The molecule has 4 rings (SSSR count). The van der Waals surface area contributed by atoms with Crippen molar-refractivity contribution in [3.05, 3.63) is 66.1 Å². The third-order valence-corrected chi connectivity index (χ3v) is 4.89. The smallest absolute Gasteiger partial charge is 0.223 e. The topological polar surface area (TPSA) is 89.4 Å². The van der Waals surface area contributed by atoms with E-state index in [1.807, 2.05) is 0 Å². The molecule has 0 aliphatic heterocycles. The molecule has 0 saturated heterocycles. The van der Waals surface area contributed by atoms with Crippen LogP contribution in [0.1, 0.15) is 10.6 Å². The van der Waals surface area contributed by atoms with E-state index >= 15 is 0 Å². The number of anilines is 1. The number of hydrogen-bond acceptors (Lipinski definition) is 8. The highest BCUT2D eigenvalue weighted by Crippen LogP contribution is 2.33. The van der Waals surface area contributed by atoms with Crippen LogP contribution < -0.4 is 5.32 Å². The molecule has 0 aliphatic carbocycles. The fourth-order valence-corrected chi connectivity index (χ4v) is 3.48. The van der Waals surface area contributed by atoms with E-state index in [2.05, 4.69) is 49.3 Å². The molecule has 134 valence electrons. The molecule has 0 atom stereocenters. The number of aromatic nitrogens is 6. The third kappa shape index (κ3) is 4.12. The molecule has 7 nitrogen and oxygen atoms in total. The van der Waals surface area contributed by atoms with Gasteiger partial charge in [0.1, 0.15) is 0 Å². The minimum atomic E-state index is 0.576. The van der Waals surface area contributed by atoms with Crippen molar-refractivity contribution >= 4 is 17.3 Å². The Morgan fingerprint density at radius 1 is 0.926 bits per heavy atom. The van der Waals surface area contributed by atoms with Crippen LogP contribution in [-0.2, 0) is 6.42 Å². The van der Waals surface area contributed by atoms with Crippen molar-refractivity contribution in [2.75, 3.05) is 11.9 Å². The summed E-state index contributed by atoms with van der Waals surface area (Å²) in [5, 5.41) is 3.27. The standard InChI is InChI=1S/C19H17N7S/c1-13-2-3-17(27-13)18-15(16-12-21-7-9-23-16)11-25-19(26-18)24-5-4-14-10-20-6-8-22-14/h2-3,6-12H,4-5H2,1H3,(H,24,25,26). The van der Waals surface area contributed by atoms with E-state index in [4.69, 9.17) is 4.98 Å². The first-order valence-electron chi connectivity index (χ1n) is 8.48. The van der Waals surface area contributed by atoms with Crippen LogP contribution in [0.2, 0.25) is 0 Å². The molecule has 0 fully saturated rings. The third-order valence-electron chi connectivity index (χ3n) is 3.88. The quantitative estimate of drug-likeness (QED) is 0.552. The monoisotopic (exact) mass is 375 g/mol. The highest BCUT2D eigenvalue weighted by Gasteiger charge is 2.14. The number of aryl methyl sites for hydroxylation is 1. The van der Waals surface area contributed by atoms with Gasteiger partial charge < -0.3 is 5.32 Å². The van der Waals surface area contributed by atoms with Crippen molar-refractivity contribution < 1.29 is 0 Å². The van der Waals surface area contributed by atoms with Crippen LogP contribution in [0.3, 0.4) is 0 Å². The van der Waals surface area contributed by atoms with Crippen molar-refractivity contribution in [2.24, 2.45) is 0 Å². The van der Waals surface area contributed by atoms with Crippen LogP contribution >= 0.6 is 11.3 Å². The molecule has 1 N–H and O–H groups in total. The van der Waals surface area contributed by atoms with Gasteiger partial charge in [0.05, 0.1) is 28.2 Å². The number of rotatable bonds is 6. The molecule has 8 heteroatoms. The lowest BCUT2D eigenvalue weighted by Crippen LogP contribution is -2.09. The maximum atomic E-state index is 4.75. The second kappa shape index (κ2) is 7.96. The molecule has 4 aromatic heterocycles. The van der Waals surface area contributed by atoms with E-state index in [1.165, 1.54) is 4.88 Å². The maximum Gasteiger partial charge on any atom is 0.223 e. The van der Waals surface area contributed by atoms with E-state index in [0.29, 0.717) is 12.5 Å². The summed E-state index contributed by atoms with van der Waals surface area (Å²) in [6, 6.07) is 4.16. The van der Waals surface area contributed by atoms with E-state index in [-0.39, 0.29) is 0 Å². The zero-order chi connectivity index (χ0) is 18.5. The molecule has 0 saturated carbocycles. The zero-order valence-corrected chi connectivity index (χ0v) is 15.5. The summed E-state index contributed by atoms with van der Waals surface area (Å²) in [5.41, 5.74) is 3.40. The first-order valence-corrected chi connectivity index (χ1v) is 9.30. The number of nitrogens with zero attached hydrogens (tertiary/aromatic N) is 6. The van der Waals surface area contributed by atoms with Gasteiger partial charge in [-0.15, -0.1) is 11.3 Å². The molecule has 4 aromatic rings. The van der Waals surface area contributed by atoms with Gasteiger partial charge >= 0.3 is 0 Å². The Balaban J connectivity index is 1.60. The Morgan fingerprint density at radius 2 is 1.78 bits per heavy atom. The Bertz CT molecular complexity index is 1020. The SMILES string of the molecule is Cc1ccc(-c2nc(NCCc3cnccn3)ncc2-c2cnccn2)s1. The summed E-state index contributed by atoms with van der Waals surface area (Å²) in [7, 11) is 0. The Hall–Kier alpha value is -3.26. The fourth-order valence-electron chi connectivity index (χ4n) is 2.60. The van der Waals surface area contributed by atoms with Crippen LogP contribution in [0, 0.1) is 6.92 Å². The van der Waals surface area contributed by atoms with E-state index < -0.39 is 0 Å². The van der Waals surface area contributed by atoms with Gasteiger partial charge in [-0.1, -0.05) is 0 Å². The summed E-state index contributed by atoms with van der Waals surface area (Å²) >= 11 is 1.69. The predicted molar refractivity (Wildman–Crippen MR) is 105 cm³/mol. The van der Waals surface area contributed by atoms with Gasteiger partial charge in [0.25, 0.3) is 0 Å². The normalized spacial score (nSPS) is 10.7. The predicted octanol–water partition coefficient (Wildman–Crippen LogP) is 3.42. The Morgan fingerprint density at radius 3 is 2.48 bits per heavy atom. The van der Waals surface area contributed by atoms with Gasteiger partial charge in [0.2, 0.25) is 5.95 Å². The molecule has 0 aromatic carbocycles. The van der Waals surface area contributed by atoms with Crippen LogP contribution in [0.15, 0.2) is 55.5 Å². The van der Waals surface area contributed by atoms with Gasteiger partial charge in [-0.25, -0.2) is 9.97 Å². The molecule has 0 amide bonds. The first-order chi connectivity index (χ1) is 13.3. The molecule has 0 spiro atoms. The summed E-state index contributed by atoms with van der Waals surface area (Å²) in [6.45, 7) is 2.75. The van der Waals surface area contributed by atoms with Crippen molar-refractivity contribution in [2.45, 2.75) is 13.3 Å². The number of nitrogens with one attached hydrogen (secondary N) is 1. The van der Waals surface area contributed by atoms with E-state index in [9.17, 15) is 0 Å². The lowest BCUT2D eigenvalue weighted by molar-refractivity contribution is 0.926. The minimum Gasteiger partial charge on any atom is -0.354 e. The minimum absolute atomic E-state index is 0.576.